The molecule has 0 amide bonds. The lowest BCUT2D eigenvalue weighted by Crippen LogP contribution is -2.19. The predicted octanol–water partition coefficient (Wildman–Crippen LogP) is 4.17. The van der Waals surface area contributed by atoms with E-state index in [1.54, 1.807) is 36.4 Å². The first-order chi connectivity index (χ1) is 16.7. The molecule has 3 aromatic rings. The highest BCUT2D eigenvalue weighted by Crippen LogP contribution is 2.32. The fourth-order valence-corrected chi connectivity index (χ4v) is 3.56. The second-order valence-electron chi connectivity index (χ2n) is 8.49. The Kier molecular flexibility index (Phi) is 8.62. The maximum absolute atomic E-state index is 13.6. The largest absolute Gasteiger partial charge is 0.481 e. The monoisotopic (exact) mass is 480 g/mol. The van der Waals surface area contributed by atoms with Crippen LogP contribution in [0, 0.1) is 5.82 Å². The van der Waals surface area contributed by atoms with Crippen LogP contribution in [-0.4, -0.2) is 55.5 Å². The first-order valence-corrected chi connectivity index (χ1v) is 11.2. The van der Waals surface area contributed by atoms with Crippen LogP contribution in [0.1, 0.15) is 43.9 Å². The molecule has 0 saturated heterocycles. The van der Waals surface area contributed by atoms with E-state index < -0.39 is 24.6 Å². The molecule has 3 N–H and O–H groups in total. The van der Waals surface area contributed by atoms with Gasteiger partial charge in [-0.2, -0.15) is 0 Å². The number of rotatable bonds is 10. The highest BCUT2D eigenvalue weighted by atomic mass is 19.1. The van der Waals surface area contributed by atoms with Crippen LogP contribution >= 0.6 is 0 Å². The second kappa shape index (κ2) is 11.6. The molecule has 0 aliphatic rings. The summed E-state index contributed by atoms with van der Waals surface area (Å²) in [7, 11) is 1.80. The minimum absolute atomic E-state index is 0.0255. The summed E-state index contributed by atoms with van der Waals surface area (Å²) in [5, 5.41) is 29.0. The second-order valence-corrected chi connectivity index (χ2v) is 8.49. The molecule has 0 radical (unpaired) electrons. The molecule has 0 aliphatic heterocycles. The van der Waals surface area contributed by atoms with E-state index in [2.05, 4.69) is 4.98 Å². The normalized spacial score (nSPS) is 13.2. The highest BCUT2D eigenvalue weighted by molar-refractivity contribution is 5.75. The Balaban J connectivity index is 2.08. The zero-order chi connectivity index (χ0) is 25.5. The van der Waals surface area contributed by atoms with E-state index in [0.717, 1.165) is 0 Å². The van der Waals surface area contributed by atoms with Gasteiger partial charge in [-0.25, -0.2) is 19.3 Å². The molecule has 8 nitrogen and oxygen atoms in total. The van der Waals surface area contributed by atoms with E-state index in [0.29, 0.717) is 34.3 Å². The molecular weight excluding hydrogens is 451 g/mol. The van der Waals surface area contributed by atoms with E-state index in [4.69, 9.17) is 15.1 Å². The van der Waals surface area contributed by atoms with Gasteiger partial charge in [-0.15, -0.1) is 0 Å². The Labute approximate surface area is 203 Å². The van der Waals surface area contributed by atoms with Gasteiger partial charge in [0.05, 0.1) is 30.0 Å². The van der Waals surface area contributed by atoms with E-state index in [1.165, 1.54) is 18.2 Å². The Morgan fingerprint density at radius 2 is 1.83 bits per heavy atom. The van der Waals surface area contributed by atoms with Gasteiger partial charge >= 0.3 is 5.97 Å². The number of aromatic nitrogens is 3. The highest BCUT2D eigenvalue weighted by Gasteiger charge is 2.20. The van der Waals surface area contributed by atoms with Crippen LogP contribution in [0.5, 0.6) is 0 Å². The number of aliphatic carboxylic acids is 1. The van der Waals surface area contributed by atoms with Crippen LogP contribution in [-0.2, 0) is 4.79 Å². The van der Waals surface area contributed by atoms with Crippen molar-refractivity contribution in [3.05, 3.63) is 71.8 Å². The molecule has 2 aromatic heterocycles. The summed E-state index contributed by atoms with van der Waals surface area (Å²) in [6.07, 6.45) is 1.96. The number of carboxylic acids is 1. The Hall–Kier alpha value is -3.69. The van der Waals surface area contributed by atoms with E-state index in [9.17, 15) is 19.4 Å². The number of aliphatic hydroxyl groups is 2. The fourth-order valence-electron chi connectivity index (χ4n) is 3.56. The summed E-state index contributed by atoms with van der Waals surface area (Å²) in [6, 6.07) is 11.4. The van der Waals surface area contributed by atoms with Crippen molar-refractivity contribution in [3.8, 4) is 11.3 Å². The number of anilines is 2. The van der Waals surface area contributed by atoms with Gasteiger partial charge in [-0.3, -0.25) is 9.69 Å². The van der Waals surface area contributed by atoms with Gasteiger partial charge in [-0.05, 0) is 42.3 Å². The van der Waals surface area contributed by atoms with Gasteiger partial charge in [0, 0.05) is 30.8 Å². The molecule has 2 heterocycles. The molecule has 35 heavy (non-hydrogen) atoms. The van der Waals surface area contributed by atoms with Gasteiger partial charge < -0.3 is 15.3 Å². The summed E-state index contributed by atoms with van der Waals surface area (Å²) in [6.45, 7) is 3.96. The number of aliphatic hydroxyl groups excluding tert-OH is 2. The minimum Gasteiger partial charge on any atom is -0.481 e. The van der Waals surface area contributed by atoms with Crippen LogP contribution in [0.25, 0.3) is 17.3 Å². The lowest BCUT2D eigenvalue weighted by atomic mass is 9.97. The van der Waals surface area contributed by atoms with Crippen LogP contribution < -0.4 is 4.90 Å². The van der Waals surface area contributed by atoms with Crippen molar-refractivity contribution in [1.29, 1.82) is 0 Å². The third kappa shape index (κ3) is 6.91. The van der Waals surface area contributed by atoms with Gasteiger partial charge in [0.1, 0.15) is 11.6 Å². The Morgan fingerprint density at radius 3 is 2.43 bits per heavy atom. The third-order valence-corrected chi connectivity index (χ3v) is 5.33. The smallest absolute Gasteiger partial charge is 0.305 e. The first-order valence-electron chi connectivity index (χ1n) is 11.2. The molecule has 0 aliphatic carbocycles. The maximum Gasteiger partial charge on any atom is 0.305 e. The number of carbonyl (C=O) groups is 1. The summed E-state index contributed by atoms with van der Waals surface area (Å²) < 4.78 is 13.6. The molecule has 1 aromatic carbocycles. The van der Waals surface area contributed by atoms with Crippen molar-refractivity contribution in [1.82, 2.24) is 15.0 Å². The zero-order valence-electron chi connectivity index (χ0n) is 19.8. The van der Waals surface area contributed by atoms with Crippen molar-refractivity contribution in [2.75, 3.05) is 11.9 Å². The average Bonchev–Trinajstić information content (AvgIpc) is 2.82. The van der Waals surface area contributed by atoms with Crippen LogP contribution in [0.3, 0.4) is 0 Å². The molecule has 3 rings (SSSR count). The topological polar surface area (TPSA) is 120 Å². The van der Waals surface area contributed by atoms with Gasteiger partial charge in [0.2, 0.25) is 5.95 Å². The number of carboxylic acid groups (broad SMARTS) is 1. The zero-order valence-corrected chi connectivity index (χ0v) is 19.8. The molecular formula is C26H29FN4O4. The molecule has 2 atom stereocenters. The van der Waals surface area contributed by atoms with Crippen LogP contribution in [0.2, 0.25) is 0 Å². The van der Waals surface area contributed by atoms with Gasteiger partial charge in [0.15, 0.2) is 0 Å². The standard InChI is InChI=1S/C26H29FN4O4/c1-16(2)24-21(12-11-19(32)14-20(33)15-23(34)35)25(17-7-9-18(27)10-8-17)30-26(29-24)31(3)22-6-4-5-13-28-22/h4-13,16,19-20,32-33H,14-15H2,1-3H3,(H,34,35)/b12-11+/t19-,20-/m1/s1. The van der Waals surface area contributed by atoms with E-state index in [1.807, 2.05) is 32.0 Å². The summed E-state index contributed by atoms with van der Waals surface area (Å²) in [5.41, 5.74) is 2.53. The number of nitrogens with zero attached hydrogens (tertiary/aromatic N) is 4. The lowest BCUT2D eigenvalue weighted by Gasteiger charge is -2.21. The number of halogens is 1. The minimum atomic E-state index is -1.18. The number of hydrogen-bond donors (Lipinski definition) is 3. The van der Waals surface area contributed by atoms with Crippen molar-refractivity contribution < 1.29 is 24.5 Å². The van der Waals surface area contributed by atoms with Crippen molar-refractivity contribution in [2.45, 2.75) is 44.8 Å². The SMILES string of the molecule is CC(C)c1nc(N(C)c2ccccn2)nc(-c2ccc(F)cc2)c1/C=C/[C@@H](O)C[C@@H](O)CC(=O)O. The summed E-state index contributed by atoms with van der Waals surface area (Å²) in [4.78, 5) is 26.4. The molecule has 0 unspecified atom stereocenters. The first kappa shape index (κ1) is 25.9. The maximum atomic E-state index is 13.6. The fraction of sp³-hybridized carbons (Fsp3) is 0.308. The summed E-state index contributed by atoms with van der Waals surface area (Å²) >= 11 is 0. The van der Waals surface area contributed by atoms with Crippen LogP contribution in [0.15, 0.2) is 54.7 Å². The molecule has 0 fully saturated rings. The number of benzene rings is 1. The van der Waals surface area contributed by atoms with E-state index >= 15 is 0 Å². The third-order valence-electron chi connectivity index (χ3n) is 5.33. The molecule has 9 heteroatoms. The molecule has 0 spiro atoms. The average molecular weight is 481 g/mol. The Morgan fingerprint density at radius 1 is 1.11 bits per heavy atom. The van der Waals surface area contributed by atoms with Crippen molar-refractivity contribution >= 4 is 23.8 Å². The summed E-state index contributed by atoms with van der Waals surface area (Å²) in [5.74, 6) is -0.491. The van der Waals surface area contributed by atoms with Gasteiger partial charge in [0.25, 0.3) is 0 Å². The van der Waals surface area contributed by atoms with Crippen molar-refractivity contribution in [2.24, 2.45) is 0 Å². The van der Waals surface area contributed by atoms with Crippen molar-refractivity contribution in [3.63, 3.8) is 0 Å². The number of hydrogen-bond acceptors (Lipinski definition) is 7. The Bertz CT molecular complexity index is 1170. The molecule has 184 valence electrons. The number of pyridine rings is 1. The molecule has 0 saturated carbocycles. The lowest BCUT2D eigenvalue weighted by molar-refractivity contribution is -0.139. The quantitative estimate of drug-likeness (QED) is 0.396. The van der Waals surface area contributed by atoms with Gasteiger partial charge in [-0.1, -0.05) is 32.1 Å². The molecule has 0 bridgehead atoms. The predicted molar refractivity (Wildman–Crippen MR) is 132 cm³/mol. The van der Waals surface area contributed by atoms with E-state index in [-0.39, 0.29) is 18.2 Å². The van der Waals surface area contributed by atoms with Crippen LogP contribution in [0.4, 0.5) is 16.2 Å².